The molecule has 1 unspecified atom stereocenters. The fourth-order valence-electron chi connectivity index (χ4n) is 3.63. The minimum Gasteiger partial charge on any atom is -0.339 e. The number of nitrogens with one attached hydrogen (secondary N) is 1. The molecule has 0 bridgehead atoms. The van der Waals surface area contributed by atoms with Crippen LogP contribution in [-0.4, -0.2) is 36.5 Å². The molecular formula is C16H29ClN2O. The Morgan fingerprint density at radius 2 is 1.95 bits per heavy atom. The first-order chi connectivity index (χ1) is 9.12. The zero-order valence-electron chi connectivity index (χ0n) is 12.9. The maximum absolute atomic E-state index is 12.8. The molecule has 0 aromatic carbocycles. The van der Waals surface area contributed by atoms with Gasteiger partial charge in [0.15, 0.2) is 0 Å². The van der Waals surface area contributed by atoms with Gasteiger partial charge in [0.05, 0.1) is 0 Å². The lowest BCUT2D eigenvalue weighted by molar-refractivity contribution is -0.134. The van der Waals surface area contributed by atoms with Crippen molar-refractivity contribution in [3.63, 3.8) is 0 Å². The molecule has 1 aliphatic heterocycles. The number of piperidine rings is 1. The van der Waals surface area contributed by atoms with Crippen molar-refractivity contribution in [1.29, 1.82) is 0 Å². The Kier molecular flexibility index (Phi) is 5.01. The maximum Gasteiger partial charge on any atom is 0.226 e. The Labute approximate surface area is 129 Å². The standard InChI is InChI=1S/C16H28N2O.ClH/c1-12(2)5-10-18(13-3-4-13)15(19)14-11-16(14)6-8-17-9-7-16;/h12-14,17H,3-11H2,1-2H3;1H. The van der Waals surface area contributed by atoms with E-state index in [-0.39, 0.29) is 12.4 Å². The fourth-order valence-corrected chi connectivity index (χ4v) is 3.63. The van der Waals surface area contributed by atoms with Crippen LogP contribution >= 0.6 is 12.4 Å². The number of halogens is 1. The fraction of sp³-hybridized carbons (Fsp3) is 0.938. The number of hydrogen-bond acceptors (Lipinski definition) is 2. The second kappa shape index (κ2) is 6.23. The van der Waals surface area contributed by atoms with Gasteiger partial charge in [-0.1, -0.05) is 13.8 Å². The van der Waals surface area contributed by atoms with E-state index in [0.29, 0.717) is 29.2 Å². The predicted molar refractivity (Wildman–Crippen MR) is 84.1 cm³/mol. The molecule has 3 fully saturated rings. The van der Waals surface area contributed by atoms with Gasteiger partial charge in [-0.2, -0.15) is 0 Å². The van der Waals surface area contributed by atoms with Crippen molar-refractivity contribution in [1.82, 2.24) is 10.2 Å². The van der Waals surface area contributed by atoms with Crippen LogP contribution in [0.2, 0.25) is 0 Å². The summed E-state index contributed by atoms with van der Waals surface area (Å²) in [6.45, 7) is 7.71. The molecule has 0 aromatic rings. The van der Waals surface area contributed by atoms with E-state index in [0.717, 1.165) is 26.1 Å². The molecule has 1 amide bonds. The van der Waals surface area contributed by atoms with Crippen molar-refractivity contribution in [3.05, 3.63) is 0 Å². The summed E-state index contributed by atoms with van der Waals surface area (Å²) >= 11 is 0. The van der Waals surface area contributed by atoms with E-state index in [2.05, 4.69) is 24.1 Å². The molecule has 0 aromatic heterocycles. The predicted octanol–water partition coefficient (Wildman–Crippen LogP) is 2.84. The summed E-state index contributed by atoms with van der Waals surface area (Å²) in [5.41, 5.74) is 0.396. The van der Waals surface area contributed by atoms with E-state index in [4.69, 9.17) is 0 Å². The minimum atomic E-state index is 0. The topological polar surface area (TPSA) is 32.3 Å². The van der Waals surface area contributed by atoms with Crippen LogP contribution in [0.3, 0.4) is 0 Å². The number of carbonyl (C=O) groups excluding carboxylic acids is 1. The average molecular weight is 301 g/mol. The van der Waals surface area contributed by atoms with E-state index in [1.807, 2.05) is 0 Å². The minimum absolute atomic E-state index is 0. The smallest absolute Gasteiger partial charge is 0.226 e. The van der Waals surface area contributed by atoms with Crippen LogP contribution in [0.1, 0.15) is 52.4 Å². The van der Waals surface area contributed by atoms with Crippen LogP contribution in [0.5, 0.6) is 0 Å². The first-order valence-electron chi connectivity index (χ1n) is 8.13. The number of nitrogens with zero attached hydrogens (tertiary/aromatic N) is 1. The van der Waals surface area contributed by atoms with Gasteiger partial charge >= 0.3 is 0 Å². The van der Waals surface area contributed by atoms with Crippen molar-refractivity contribution in [2.24, 2.45) is 17.3 Å². The molecule has 3 aliphatic rings. The molecule has 1 heterocycles. The van der Waals surface area contributed by atoms with Crippen LogP contribution in [0.4, 0.5) is 0 Å². The van der Waals surface area contributed by atoms with Crippen molar-refractivity contribution >= 4 is 18.3 Å². The first kappa shape index (κ1) is 16.1. The van der Waals surface area contributed by atoms with Gasteiger partial charge in [-0.05, 0) is 62.9 Å². The van der Waals surface area contributed by atoms with Crippen LogP contribution in [-0.2, 0) is 4.79 Å². The molecule has 3 nitrogen and oxygen atoms in total. The van der Waals surface area contributed by atoms with Crippen molar-refractivity contribution in [2.45, 2.75) is 58.4 Å². The molecule has 2 saturated carbocycles. The third kappa shape index (κ3) is 3.30. The van der Waals surface area contributed by atoms with E-state index in [9.17, 15) is 4.79 Å². The van der Waals surface area contributed by atoms with Gasteiger partial charge in [-0.25, -0.2) is 0 Å². The van der Waals surface area contributed by atoms with Gasteiger partial charge < -0.3 is 10.2 Å². The van der Waals surface area contributed by atoms with Gasteiger partial charge in [-0.3, -0.25) is 4.79 Å². The van der Waals surface area contributed by atoms with Crippen molar-refractivity contribution in [3.8, 4) is 0 Å². The Bertz CT molecular complexity index is 348. The van der Waals surface area contributed by atoms with Crippen molar-refractivity contribution < 1.29 is 4.79 Å². The molecule has 0 radical (unpaired) electrons. The lowest BCUT2D eigenvalue weighted by Crippen LogP contribution is -2.38. The Balaban J connectivity index is 0.00000147. The molecule has 1 saturated heterocycles. The van der Waals surface area contributed by atoms with Crippen molar-refractivity contribution in [2.75, 3.05) is 19.6 Å². The van der Waals surface area contributed by atoms with Gasteiger partial charge in [0, 0.05) is 18.5 Å². The maximum atomic E-state index is 12.8. The van der Waals surface area contributed by atoms with Gasteiger partial charge in [-0.15, -0.1) is 12.4 Å². The van der Waals surface area contributed by atoms with Crippen LogP contribution in [0, 0.1) is 17.3 Å². The average Bonchev–Trinajstić information content (AvgIpc) is 3.28. The highest BCUT2D eigenvalue weighted by atomic mass is 35.5. The number of rotatable bonds is 5. The number of hydrogen-bond donors (Lipinski definition) is 1. The van der Waals surface area contributed by atoms with Gasteiger partial charge in [0.1, 0.15) is 0 Å². The summed E-state index contributed by atoms with van der Waals surface area (Å²) in [7, 11) is 0. The molecule has 2 aliphatic carbocycles. The van der Waals surface area contributed by atoms with E-state index >= 15 is 0 Å². The molecule has 1 N–H and O–H groups in total. The van der Waals surface area contributed by atoms with Gasteiger partial charge in [0.25, 0.3) is 0 Å². The van der Waals surface area contributed by atoms with E-state index in [1.165, 1.54) is 32.1 Å². The molecular weight excluding hydrogens is 272 g/mol. The molecule has 4 heteroatoms. The zero-order valence-corrected chi connectivity index (χ0v) is 13.7. The number of amides is 1. The summed E-state index contributed by atoms with van der Waals surface area (Å²) < 4.78 is 0. The second-order valence-electron chi connectivity index (χ2n) is 7.31. The first-order valence-corrected chi connectivity index (χ1v) is 8.13. The zero-order chi connectivity index (χ0) is 13.5. The molecule has 1 atom stereocenters. The second-order valence-corrected chi connectivity index (χ2v) is 7.31. The van der Waals surface area contributed by atoms with Crippen LogP contribution in [0.15, 0.2) is 0 Å². The largest absolute Gasteiger partial charge is 0.339 e. The summed E-state index contributed by atoms with van der Waals surface area (Å²) in [6, 6.07) is 0.589. The van der Waals surface area contributed by atoms with E-state index in [1.54, 1.807) is 0 Å². The molecule has 20 heavy (non-hydrogen) atoms. The van der Waals surface area contributed by atoms with Crippen LogP contribution < -0.4 is 5.32 Å². The monoisotopic (exact) mass is 300 g/mol. The highest BCUT2D eigenvalue weighted by Crippen LogP contribution is 2.59. The highest BCUT2D eigenvalue weighted by molar-refractivity contribution is 5.85. The summed E-state index contributed by atoms with van der Waals surface area (Å²) in [5, 5.41) is 3.42. The molecule has 116 valence electrons. The Hall–Kier alpha value is -0.280. The van der Waals surface area contributed by atoms with E-state index < -0.39 is 0 Å². The summed E-state index contributed by atoms with van der Waals surface area (Å²) in [5.74, 6) is 1.55. The Morgan fingerprint density at radius 3 is 2.50 bits per heavy atom. The quantitative estimate of drug-likeness (QED) is 0.847. The third-order valence-electron chi connectivity index (χ3n) is 5.31. The lowest BCUT2D eigenvalue weighted by Gasteiger charge is -2.27. The lowest BCUT2D eigenvalue weighted by atomic mass is 9.91. The molecule has 1 spiro atoms. The highest BCUT2D eigenvalue weighted by Gasteiger charge is 2.59. The normalized spacial score (nSPS) is 27.2. The number of carbonyl (C=O) groups is 1. The summed E-state index contributed by atoms with van der Waals surface area (Å²) in [6.07, 6.45) is 7.23. The van der Waals surface area contributed by atoms with Crippen LogP contribution in [0.25, 0.3) is 0 Å². The summed E-state index contributed by atoms with van der Waals surface area (Å²) in [4.78, 5) is 15.0. The molecule has 3 rings (SSSR count). The van der Waals surface area contributed by atoms with Gasteiger partial charge in [0.2, 0.25) is 5.91 Å². The SMILES string of the molecule is CC(C)CCN(C(=O)C1CC12CCNCC2)C1CC1.Cl. The Morgan fingerprint density at radius 1 is 1.30 bits per heavy atom. The third-order valence-corrected chi connectivity index (χ3v) is 5.31.